The number of carbonyl (C=O) groups excluding carboxylic acids is 3. The fourth-order valence-electron chi connectivity index (χ4n) is 1.03. The third-order valence-corrected chi connectivity index (χ3v) is 2.00. The van der Waals surface area contributed by atoms with Crippen LogP contribution < -0.4 is 22.1 Å². The van der Waals surface area contributed by atoms with Crippen LogP contribution in [0.3, 0.4) is 0 Å². The number of nitrogens with one attached hydrogen (secondary N) is 2. The van der Waals surface area contributed by atoms with Crippen molar-refractivity contribution in [2.75, 3.05) is 13.2 Å². The lowest BCUT2D eigenvalue weighted by atomic mass is 10.2. The molecule has 0 saturated heterocycles. The Morgan fingerprint density at radius 3 is 2.21 bits per heavy atom. The lowest BCUT2D eigenvalue weighted by Crippen LogP contribution is -2.50. The molecule has 10 nitrogen and oxygen atoms in total. The topological polar surface area (TPSA) is 185 Å². The number of aliphatic carboxylic acids is 1. The van der Waals surface area contributed by atoms with Gasteiger partial charge in [0.1, 0.15) is 12.1 Å². The summed E-state index contributed by atoms with van der Waals surface area (Å²) >= 11 is 0. The monoisotopic (exact) mass is 276 g/mol. The Balaban J connectivity index is 4.24. The number of rotatable bonds is 8. The number of carboxylic acid groups (broad SMARTS) is 1. The van der Waals surface area contributed by atoms with Gasteiger partial charge in [0.05, 0.1) is 19.6 Å². The van der Waals surface area contributed by atoms with Crippen molar-refractivity contribution >= 4 is 23.7 Å². The van der Waals surface area contributed by atoms with Crippen LogP contribution in [0, 0.1) is 0 Å². The molecular formula is C9H16N4O6. The molecule has 0 radical (unpaired) electrons. The standard InChI is InChI=1S/C9H16N4O6/c10-4(3-14)8(17)12-2-7(16)13-5(9(18)19)1-6(11)15/h4-5,14H,1-3,10H2,(H2,11,15)(H,12,17)(H,13,16)(H,18,19). The third-order valence-electron chi connectivity index (χ3n) is 2.00. The fourth-order valence-corrected chi connectivity index (χ4v) is 1.03. The molecule has 0 aliphatic heterocycles. The predicted molar refractivity (Wildman–Crippen MR) is 61.4 cm³/mol. The Hall–Kier alpha value is -2.20. The number of nitrogens with two attached hydrogens (primary N) is 2. The molecule has 0 saturated carbocycles. The van der Waals surface area contributed by atoms with Crippen LogP contribution in [0.1, 0.15) is 6.42 Å². The number of hydrogen-bond acceptors (Lipinski definition) is 6. The van der Waals surface area contributed by atoms with Gasteiger partial charge in [0, 0.05) is 0 Å². The summed E-state index contributed by atoms with van der Waals surface area (Å²) in [6, 6.07) is -2.64. The minimum atomic E-state index is -1.46. The van der Waals surface area contributed by atoms with E-state index in [1.807, 2.05) is 5.32 Å². The highest BCUT2D eigenvalue weighted by atomic mass is 16.4. The molecule has 0 aliphatic rings. The van der Waals surface area contributed by atoms with E-state index < -0.39 is 55.3 Å². The van der Waals surface area contributed by atoms with Crippen LogP contribution >= 0.6 is 0 Å². The van der Waals surface area contributed by atoms with E-state index in [0.29, 0.717) is 0 Å². The predicted octanol–water partition coefficient (Wildman–Crippen LogP) is -4.13. The van der Waals surface area contributed by atoms with Crippen molar-refractivity contribution < 1.29 is 29.4 Å². The minimum absolute atomic E-state index is 0.533. The average Bonchev–Trinajstić information content (AvgIpc) is 2.33. The maximum Gasteiger partial charge on any atom is 0.326 e. The van der Waals surface area contributed by atoms with Crippen molar-refractivity contribution in [2.24, 2.45) is 11.5 Å². The SMILES string of the molecule is NC(=O)CC(NC(=O)CNC(=O)C(N)CO)C(=O)O. The normalized spacial score (nSPS) is 13.2. The molecule has 0 fully saturated rings. The number of aliphatic hydroxyl groups is 1. The number of primary amides is 1. The minimum Gasteiger partial charge on any atom is -0.480 e. The van der Waals surface area contributed by atoms with Crippen molar-refractivity contribution in [1.29, 1.82) is 0 Å². The molecule has 0 aromatic heterocycles. The molecule has 108 valence electrons. The smallest absolute Gasteiger partial charge is 0.326 e. The molecule has 0 spiro atoms. The van der Waals surface area contributed by atoms with Gasteiger partial charge in [0.15, 0.2) is 0 Å². The van der Waals surface area contributed by atoms with Crippen molar-refractivity contribution in [2.45, 2.75) is 18.5 Å². The Morgan fingerprint density at radius 2 is 1.79 bits per heavy atom. The lowest BCUT2D eigenvalue weighted by molar-refractivity contribution is -0.143. The summed E-state index contributed by atoms with van der Waals surface area (Å²) in [5, 5.41) is 21.4. The third kappa shape index (κ3) is 6.95. The van der Waals surface area contributed by atoms with Gasteiger partial charge in [0.2, 0.25) is 17.7 Å². The average molecular weight is 276 g/mol. The Morgan fingerprint density at radius 1 is 1.21 bits per heavy atom. The fraction of sp³-hybridized carbons (Fsp3) is 0.556. The first-order chi connectivity index (χ1) is 8.77. The quantitative estimate of drug-likeness (QED) is 0.260. The van der Waals surface area contributed by atoms with Gasteiger partial charge in [-0.05, 0) is 0 Å². The van der Waals surface area contributed by atoms with Gasteiger partial charge in [-0.2, -0.15) is 0 Å². The van der Waals surface area contributed by atoms with E-state index in [0.717, 1.165) is 0 Å². The molecule has 10 heteroatoms. The second kappa shape index (κ2) is 8.00. The van der Waals surface area contributed by atoms with Crippen molar-refractivity contribution in [3.05, 3.63) is 0 Å². The summed E-state index contributed by atoms with van der Waals surface area (Å²) in [5.41, 5.74) is 9.99. The molecule has 0 heterocycles. The Bertz CT molecular complexity index is 372. The van der Waals surface area contributed by atoms with E-state index in [-0.39, 0.29) is 0 Å². The Labute approximate surface area is 108 Å². The molecule has 0 aliphatic carbocycles. The zero-order valence-electron chi connectivity index (χ0n) is 9.96. The first-order valence-corrected chi connectivity index (χ1v) is 5.22. The molecule has 3 amide bonds. The summed E-state index contributed by atoms with van der Waals surface area (Å²) in [5.74, 6) is -3.91. The van der Waals surface area contributed by atoms with Crippen LogP contribution in [-0.4, -0.2) is 59.1 Å². The number of carbonyl (C=O) groups is 4. The Kier molecular flexibility index (Phi) is 7.07. The van der Waals surface area contributed by atoms with E-state index in [4.69, 9.17) is 21.7 Å². The van der Waals surface area contributed by atoms with Crippen molar-refractivity contribution in [3.63, 3.8) is 0 Å². The van der Waals surface area contributed by atoms with Gasteiger partial charge >= 0.3 is 5.97 Å². The number of hydrogen-bond donors (Lipinski definition) is 6. The van der Waals surface area contributed by atoms with Crippen LogP contribution in [0.5, 0.6) is 0 Å². The highest BCUT2D eigenvalue weighted by Crippen LogP contribution is 1.91. The van der Waals surface area contributed by atoms with Gasteiger partial charge < -0.3 is 32.3 Å². The molecule has 0 rings (SSSR count). The summed E-state index contributed by atoms with van der Waals surface area (Å²) in [4.78, 5) is 43.7. The van der Waals surface area contributed by atoms with Crippen LogP contribution in [0.25, 0.3) is 0 Å². The summed E-state index contributed by atoms with van der Waals surface area (Å²) < 4.78 is 0. The van der Waals surface area contributed by atoms with E-state index in [9.17, 15) is 19.2 Å². The molecule has 0 aromatic carbocycles. The molecule has 2 unspecified atom stereocenters. The van der Waals surface area contributed by atoms with E-state index >= 15 is 0 Å². The van der Waals surface area contributed by atoms with Crippen LogP contribution in [0.2, 0.25) is 0 Å². The molecular weight excluding hydrogens is 260 g/mol. The first-order valence-electron chi connectivity index (χ1n) is 5.22. The van der Waals surface area contributed by atoms with Crippen molar-refractivity contribution in [1.82, 2.24) is 10.6 Å². The molecule has 19 heavy (non-hydrogen) atoms. The van der Waals surface area contributed by atoms with Crippen LogP contribution in [0.15, 0.2) is 0 Å². The van der Waals surface area contributed by atoms with E-state index in [2.05, 4.69) is 5.32 Å². The summed E-state index contributed by atoms with van der Waals surface area (Å²) in [6.45, 7) is -1.12. The lowest BCUT2D eigenvalue weighted by Gasteiger charge is -2.14. The van der Waals surface area contributed by atoms with Crippen molar-refractivity contribution in [3.8, 4) is 0 Å². The summed E-state index contributed by atoms with van der Waals surface area (Å²) in [7, 11) is 0. The first kappa shape index (κ1) is 16.8. The number of amides is 3. The van der Waals surface area contributed by atoms with Gasteiger partial charge in [-0.3, -0.25) is 14.4 Å². The number of carboxylic acids is 1. The largest absolute Gasteiger partial charge is 0.480 e. The second-order valence-electron chi connectivity index (χ2n) is 3.64. The maximum atomic E-state index is 11.3. The molecule has 0 bridgehead atoms. The van der Waals surface area contributed by atoms with Crippen LogP contribution in [-0.2, 0) is 19.2 Å². The van der Waals surface area contributed by atoms with Gasteiger partial charge in [-0.25, -0.2) is 4.79 Å². The number of aliphatic hydroxyl groups excluding tert-OH is 1. The van der Waals surface area contributed by atoms with Gasteiger partial charge in [0.25, 0.3) is 0 Å². The zero-order chi connectivity index (χ0) is 15.0. The van der Waals surface area contributed by atoms with Gasteiger partial charge in [-0.1, -0.05) is 0 Å². The van der Waals surface area contributed by atoms with E-state index in [1.54, 1.807) is 0 Å². The molecule has 8 N–H and O–H groups in total. The molecule has 2 atom stereocenters. The molecule has 0 aromatic rings. The second-order valence-corrected chi connectivity index (χ2v) is 3.64. The highest BCUT2D eigenvalue weighted by molar-refractivity contribution is 5.91. The highest BCUT2D eigenvalue weighted by Gasteiger charge is 2.22. The van der Waals surface area contributed by atoms with Gasteiger partial charge in [-0.15, -0.1) is 0 Å². The maximum absolute atomic E-state index is 11.3. The summed E-state index contributed by atoms with van der Waals surface area (Å²) in [6.07, 6.45) is -0.564. The zero-order valence-corrected chi connectivity index (χ0v) is 9.96. The van der Waals surface area contributed by atoms with E-state index in [1.165, 1.54) is 0 Å². The van der Waals surface area contributed by atoms with Crippen LogP contribution in [0.4, 0.5) is 0 Å².